The molecule has 0 bridgehead atoms. The first-order chi connectivity index (χ1) is 7.63. The summed E-state index contributed by atoms with van der Waals surface area (Å²) in [4.78, 5) is 12.9. The molecule has 1 rings (SSSR count). The van der Waals surface area contributed by atoms with Crippen LogP contribution in [0.5, 0.6) is 5.75 Å². The molecule has 16 heavy (non-hydrogen) atoms. The minimum Gasteiger partial charge on any atom is -0.484 e. The number of nitrogen functional groups attached to an aromatic ring is 1. The van der Waals surface area contributed by atoms with Gasteiger partial charge in [0.2, 0.25) is 0 Å². The molecule has 0 saturated heterocycles. The molecule has 0 aromatic heterocycles. The lowest BCUT2D eigenvalue weighted by molar-refractivity contribution is -0.131. The zero-order valence-electron chi connectivity index (χ0n) is 9.14. The summed E-state index contributed by atoms with van der Waals surface area (Å²) in [6, 6.07) is 6.92. The second-order valence-corrected chi connectivity index (χ2v) is 3.32. The molecule has 0 heterocycles. The SMILES string of the molecule is C#CCN(C)C(=O)COc1cccc(N)c1. The van der Waals surface area contributed by atoms with E-state index >= 15 is 0 Å². The molecule has 0 aliphatic heterocycles. The van der Waals surface area contributed by atoms with Gasteiger partial charge in [-0.3, -0.25) is 4.79 Å². The Labute approximate surface area is 95.0 Å². The smallest absolute Gasteiger partial charge is 0.261 e. The Kier molecular flexibility index (Phi) is 4.22. The maximum Gasteiger partial charge on any atom is 0.261 e. The minimum atomic E-state index is -0.166. The maximum atomic E-state index is 11.5. The second-order valence-electron chi connectivity index (χ2n) is 3.32. The van der Waals surface area contributed by atoms with E-state index in [4.69, 9.17) is 16.9 Å². The predicted molar refractivity (Wildman–Crippen MR) is 62.8 cm³/mol. The van der Waals surface area contributed by atoms with Gasteiger partial charge in [0, 0.05) is 18.8 Å². The standard InChI is InChI=1S/C12H14N2O2/c1-3-7-14(2)12(15)9-16-11-6-4-5-10(13)8-11/h1,4-6,8H,7,9,13H2,2H3. The van der Waals surface area contributed by atoms with Crippen LogP contribution in [-0.2, 0) is 4.79 Å². The van der Waals surface area contributed by atoms with Gasteiger partial charge in [0.25, 0.3) is 5.91 Å². The van der Waals surface area contributed by atoms with Gasteiger partial charge in [-0.05, 0) is 12.1 Å². The summed E-state index contributed by atoms with van der Waals surface area (Å²) in [7, 11) is 1.63. The molecular formula is C12H14N2O2. The number of nitrogens with zero attached hydrogens (tertiary/aromatic N) is 1. The summed E-state index contributed by atoms with van der Waals surface area (Å²) in [6.45, 7) is 0.237. The monoisotopic (exact) mass is 218 g/mol. The highest BCUT2D eigenvalue weighted by atomic mass is 16.5. The minimum absolute atomic E-state index is 0.0400. The number of rotatable bonds is 4. The third-order valence-corrected chi connectivity index (χ3v) is 1.97. The van der Waals surface area contributed by atoms with Gasteiger partial charge < -0.3 is 15.4 Å². The largest absolute Gasteiger partial charge is 0.484 e. The van der Waals surface area contributed by atoms with Crippen LogP contribution in [0, 0.1) is 12.3 Å². The van der Waals surface area contributed by atoms with Crippen LogP contribution < -0.4 is 10.5 Å². The second kappa shape index (κ2) is 5.66. The molecule has 0 unspecified atom stereocenters. The van der Waals surface area contributed by atoms with Crippen molar-refractivity contribution in [3.8, 4) is 18.1 Å². The first-order valence-corrected chi connectivity index (χ1v) is 4.79. The lowest BCUT2D eigenvalue weighted by Gasteiger charge is -2.14. The fourth-order valence-corrected chi connectivity index (χ4v) is 1.08. The number of carbonyl (C=O) groups excluding carboxylic acids is 1. The molecule has 4 heteroatoms. The summed E-state index contributed by atoms with van der Waals surface area (Å²) >= 11 is 0. The van der Waals surface area contributed by atoms with E-state index in [0.717, 1.165) is 0 Å². The lowest BCUT2D eigenvalue weighted by atomic mass is 10.3. The third-order valence-electron chi connectivity index (χ3n) is 1.97. The molecule has 1 aromatic carbocycles. The van der Waals surface area contributed by atoms with E-state index in [1.165, 1.54) is 4.90 Å². The zero-order chi connectivity index (χ0) is 12.0. The van der Waals surface area contributed by atoms with Crippen molar-refractivity contribution >= 4 is 11.6 Å². The van der Waals surface area contributed by atoms with E-state index in [1.807, 2.05) is 0 Å². The van der Waals surface area contributed by atoms with Crippen LogP contribution in [-0.4, -0.2) is 31.0 Å². The van der Waals surface area contributed by atoms with Crippen LogP contribution in [0.1, 0.15) is 0 Å². The summed E-state index contributed by atoms with van der Waals surface area (Å²) in [5.41, 5.74) is 6.17. The van der Waals surface area contributed by atoms with Gasteiger partial charge in [0.1, 0.15) is 5.75 Å². The van der Waals surface area contributed by atoms with Gasteiger partial charge in [-0.1, -0.05) is 12.0 Å². The van der Waals surface area contributed by atoms with Crippen molar-refractivity contribution in [3.05, 3.63) is 24.3 Å². The number of carbonyl (C=O) groups is 1. The van der Waals surface area contributed by atoms with Gasteiger partial charge >= 0.3 is 0 Å². The first-order valence-electron chi connectivity index (χ1n) is 4.79. The van der Waals surface area contributed by atoms with Gasteiger partial charge in [-0.15, -0.1) is 6.42 Å². The molecule has 1 aromatic rings. The van der Waals surface area contributed by atoms with E-state index in [9.17, 15) is 4.79 Å². The Hall–Kier alpha value is -2.15. The van der Waals surface area contributed by atoms with Crippen LogP contribution >= 0.6 is 0 Å². The quantitative estimate of drug-likeness (QED) is 0.599. The van der Waals surface area contributed by atoms with Crippen molar-refractivity contribution in [2.24, 2.45) is 0 Å². The van der Waals surface area contributed by atoms with Crippen molar-refractivity contribution in [1.29, 1.82) is 0 Å². The summed E-state index contributed by atoms with van der Waals surface area (Å²) in [6.07, 6.45) is 5.09. The topological polar surface area (TPSA) is 55.6 Å². The van der Waals surface area contributed by atoms with Gasteiger partial charge in [0.15, 0.2) is 6.61 Å². The van der Waals surface area contributed by atoms with Crippen LogP contribution in [0.3, 0.4) is 0 Å². The highest BCUT2D eigenvalue weighted by Crippen LogP contribution is 2.14. The first kappa shape index (κ1) is 11.9. The van der Waals surface area contributed by atoms with Crippen molar-refractivity contribution in [2.75, 3.05) is 25.9 Å². The van der Waals surface area contributed by atoms with Gasteiger partial charge in [-0.2, -0.15) is 0 Å². The molecule has 0 aliphatic rings. The number of terminal acetylenes is 1. The van der Waals surface area contributed by atoms with Crippen LogP contribution in [0.2, 0.25) is 0 Å². The number of ether oxygens (including phenoxy) is 1. The third kappa shape index (κ3) is 3.54. The summed E-state index contributed by atoms with van der Waals surface area (Å²) < 4.78 is 5.28. The Morgan fingerprint density at radius 2 is 2.38 bits per heavy atom. The van der Waals surface area contributed by atoms with E-state index in [1.54, 1.807) is 31.3 Å². The van der Waals surface area contributed by atoms with Crippen molar-refractivity contribution in [2.45, 2.75) is 0 Å². The number of hydrogen-bond acceptors (Lipinski definition) is 3. The molecule has 0 aliphatic carbocycles. The number of amides is 1. The van der Waals surface area contributed by atoms with Crippen molar-refractivity contribution in [1.82, 2.24) is 4.90 Å². The zero-order valence-corrected chi connectivity index (χ0v) is 9.14. The predicted octanol–water partition coefficient (Wildman–Crippen LogP) is 0.739. The summed E-state index contributed by atoms with van der Waals surface area (Å²) in [5, 5.41) is 0. The van der Waals surface area contributed by atoms with E-state index in [2.05, 4.69) is 5.92 Å². The highest BCUT2D eigenvalue weighted by molar-refractivity contribution is 5.77. The molecule has 2 N–H and O–H groups in total. The number of likely N-dealkylation sites (N-methyl/N-ethyl adjacent to an activating group) is 1. The molecule has 0 spiro atoms. The molecule has 0 radical (unpaired) electrons. The van der Waals surface area contributed by atoms with Crippen LogP contribution in [0.25, 0.3) is 0 Å². The van der Waals surface area contributed by atoms with E-state index < -0.39 is 0 Å². The van der Waals surface area contributed by atoms with Gasteiger partial charge in [-0.25, -0.2) is 0 Å². The Morgan fingerprint density at radius 1 is 1.62 bits per heavy atom. The normalized spacial score (nSPS) is 9.25. The molecule has 0 saturated carbocycles. The Morgan fingerprint density at radius 3 is 3.00 bits per heavy atom. The Balaban J connectivity index is 2.46. The molecule has 84 valence electrons. The average Bonchev–Trinajstić information content (AvgIpc) is 2.26. The fourth-order valence-electron chi connectivity index (χ4n) is 1.08. The Bertz CT molecular complexity index is 410. The maximum absolute atomic E-state index is 11.5. The number of benzene rings is 1. The van der Waals surface area contributed by atoms with Crippen LogP contribution in [0.4, 0.5) is 5.69 Å². The van der Waals surface area contributed by atoms with E-state index in [0.29, 0.717) is 11.4 Å². The van der Waals surface area contributed by atoms with E-state index in [-0.39, 0.29) is 19.1 Å². The van der Waals surface area contributed by atoms with Crippen molar-refractivity contribution in [3.63, 3.8) is 0 Å². The molecule has 1 amide bonds. The molecular weight excluding hydrogens is 204 g/mol. The van der Waals surface area contributed by atoms with Gasteiger partial charge in [0.05, 0.1) is 6.54 Å². The molecule has 4 nitrogen and oxygen atoms in total. The number of hydrogen-bond donors (Lipinski definition) is 1. The molecule has 0 atom stereocenters. The lowest BCUT2D eigenvalue weighted by Crippen LogP contribution is -2.31. The van der Waals surface area contributed by atoms with Crippen molar-refractivity contribution < 1.29 is 9.53 Å². The number of nitrogens with two attached hydrogens (primary N) is 1. The average molecular weight is 218 g/mol. The fraction of sp³-hybridized carbons (Fsp3) is 0.250. The van der Waals surface area contributed by atoms with Crippen LogP contribution in [0.15, 0.2) is 24.3 Å². The summed E-state index contributed by atoms with van der Waals surface area (Å²) in [5.74, 6) is 2.79. The highest BCUT2D eigenvalue weighted by Gasteiger charge is 2.07. The number of anilines is 1. The molecule has 0 fully saturated rings.